The van der Waals surface area contributed by atoms with Gasteiger partial charge in [0.25, 0.3) is 0 Å². The molecule has 0 spiro atoms. The van der Waals surface area contributed by atoms with Crippen LogP contribution in [0, 0.1) is 29.1 Å². The Balaban J connectivity index is 1.96. The highest BCUT2D eigenvalue weighted by Crippen LogP contribution is 2.73. The standard InChI is InChI=1S/C20H28O6/c1-9-5-13-18(24,15(9)22)7-11(8-21)6-12-14-17(3,4)20(14,26)16(23)10(2)19(12,13)25/h5-6,10,12-15,21-22,24-26H,7-8H2,1-4H3/t10-,12+,13-,14-,15+,18-,19-,20-/m1/s1. The van der Waals surface area contributed by atoms with Crippen LogP contribution >= 0.6 is 0 Å². The van der Waals surface area contributed by atoms with Crippen LogP contribution in [-0.2, 0) is 4.79 Å². The van der Waals surface area contributed by atoms with Crippen LogP contribution in [0.25, 0.3) is 0 Å². The van der Waals surface area contributed by atoms with Crippen molar-refractivity contribution in [1.29, 1.82) is 0 Å². The number of carbonyl (C=O) groups is 1. The molecule has 2 fully saturated rings. The van der Waals surface area contributed by atoms with Crippen LogP contribution in [0.5, 0.6) is 0 Å². The predicted molar refractivity (Wildman–Crippen MR) is 92.8 cm³/mol. The number of Topliss-reactive ketones (excluding diaryl/α,β-unsaturated/α-hetero) is 1. The Bertz CT molecular complexity index is 753. The van der Waals surface area contributed by atoms with Crippen molar-refractivity contribution >= 4 is 5.78 Å². The number of aliphatic hydroxyl groups is 5. The smallest absolute Gasteiger partial charge is 0.170 e. The van der Waals surface area contributed by atoms with E-state index in [4.69, 9.17) is 0 Å². The number of hydrogen-bond acceptors (Lipinski definition) is 6. The average molecular weight is 364 g/mol. The topological polar surface area (TPSA) is 118 Å². The second-order valence-corrected chi connectivity index (χ2v) is 9.41. The van der Waals surface area contributed by atoms with E-state index in [-0.39, 0.29) is 13.0 Å². The van der Waals surface area contributed by atoms with E-state index in [1.54, 1.807) is 26.0 Å². The average Bonchev–Trinajstić information content (AvgIpc) is 2.97. The molecule has 0 heterocycles. The molecule has 0 aromatic rings. The largest absolute Gasteiger partial charge is 0.392 e. The van der Waals surface area contributed by atoms with Gasteiger partial charge in [-0.05, 0) is 18.1 Å². The van der Waals surface area contributed by atoms with Crippen molar-refractivity contribution in [3.05, 3.63) is 23.3 Å². The van der Waals surface area contributed by atoms with E-state index in [9.17, 15) is 30.3 Å². The molecule has 0 bridgehead atoms. The zero-order valence-corrected chi connectivity index (χ0v) is 15.6. The summed E-state index contributed by atoms with van der Waals surface area (Å²) in [5.74, 6) is -3.31. The van der Waals surface area contributed by atoms with E-state index in [1.807, 2.05) is 13.8 Å². The summed E-state index contributed by atoms with van der Waals surface area (Å²) in [5.41, 5.74) is -4.51. The fourth-order valence-electron chi connectivity index (χ4n) is 6.35. The summed E-state index contributed by atoms with van der Waals surface area (Å²) in [6.07, 6.45) is 2.21. The molecule has 0 radical (unpaired) electrons. The maximum Gasteiger partial charge on any atom is 0.170 e. The molecule has 0 aliphatic heterocycles. The predicted octanol–water partition coefficient (Wildman–Crippen LogP) is -0.0699. The summed E-state index contributed by atoms with van der Waals surface area (Å²) in [6.45, 7) is 6.57. The normalized spacial score (nSPS) is 54.5. The van der Waals surface area contributed by atoms with Crippen molar-refractivity contribution in [3.8, 4) is 0 Å². The molecule has 8 atom stereocenters. The first-order valence-corrected chi connectivity index (χ1v) is 9.26. The Labute approximate surface area is 152 Å². The van der Waals surface area contributed by atoms with Crippen LogP contribution in [0.2, 0.25) is 0 Å². The number of fused-ring (bicyclic) bond motifs is 5. The van der Waals surface area contributed by atoms with E-state index in [0.29, 0.717) is 11.1 Å². The van der Waals surface area contributed by atoms with E-state index >= 15 is 0 Å². The summed E-state index contributed by atoms with van der Waals surface area (Å²) >= 11 is 0. The van der Waals surface area contributed by atoms with Crippen LogP contribution in [0.4, 0.5) is 0 Å². The first-order chi connectivity index (χ1) is 11.9. The van der Waals surface area contributed by atoms with Crippen LogP contribution in [0.3, 0.4) is 0 Å². The van der Waals surface area contributed by atoms with Gasteiger partial charge in [0.15, 0.2) is 5.78 Å². The molecule has 0 aromatic carbocycles. The van der Waals surface area contributed by atoms with Crippen molar-refractivity contribution in [2.75, 3.05) is 6.61 Å². The van der Waals surface area contributed by atoms with E-state index in [0.717, 1.165) is 0 Å². The first kappa shape index (κ1) is 18.3. The monoisotopic (exact) mass is 364 g/mol. The Hall–Kier alpha value is -1.05. The molecule has 0 aromatic heterocycles. The minimum absolute atomic E-state index is 0.00840. The van der Waals surface area contributed by atoms with Crippen molar-refractivity contribution in [1.82, 2.24) is 0 Å². The molecule has 26 heavy (non-hydrogen) atoms. The molecule has 0 amide bonds. The third-order valence-corrected chi connectivity index (χ3v) is 7.98. The molecule has 6 heteroatoms. The quantitative estimate of drug-likeness (QED) is 0.416. The third-order valence-electron chi connectivity index (χ3n) is 7.98. The molecule has 4 aliphatic carbocycles. The van der Waals surface area contributed by atoms with Gasteiger partial charge in [-0.2, -0.15) is 0 Å². The van der Waals surface area contributed by atoms with Crippen molar-refractivity contribution in [2.24, 2.45) is 29.1 Å². The number of carbonyl (C=O) groups excluding carboxylic acids is 1. The number of rotatable bonds is 1. The Kier molecular flexibility index (Phi) is 3.42. The van der Waals surface area contributed by atoms with Crippen molar-refractivity contribution in [3.63, 3.8) is 0 Å². The van der Waals surface area contributed by atoms with Gasteiger partial charge in [0.1, 0.15) is 17.3 Å². The van der Waals surface area contributed by atoms with Crippen LogP contribution in [0.15, 0.2) is 23.3 Å². The van der Waals surface area contributed by atoms with Gasteiger partial charge in [0, 0.05) is 35.5 Å². The van der Waals surface area contributed by atoms with E-state index < -0.39 is 57.8 Å². The van der Waals surface area contributed by atoms with E-state index in [1.165, 1.54) is 0 Å². The van der Waals surface area contributed by atoms with Crippen LogP contribution in [0.1, 0.15) is 34.1 Å². The summed E-state index contributed by atoms with van der Waals surface area (Å²) < 4.78 is 0. The highest BCUT2D eigenvalue weighted by Gasteiger charge is 2.84. The van der Waals surface area contributed by atoms with Gasteiger partial charge in [-0.15, -0.1) is 0 Å². The fraction of sp³-hybridized carbons (Fsp3) is 0.750. The molecular formula is C20H28O6. The van der Waals surface area contributed by atoms with Crippen LogP contribution in [-0.4, -0.2) is 60.8 Å². The molecule has 5 N–H and O–H groups in total. The molecule has 0 unspecified atom stereocenters. The second kappa shape index (κ2) is 4.86. The maximum atomic E-state index is 13.0. The molecule has 144 valence electrons. The third kappa shape index (κ3) is 1.69. The zero-order valence-electron chi connectivity index (χ0n) is 15.6. The van der Waals surface area contributed by atoms with E-state index in [2.05, 4.69) is 0 Å². The Morgan fingerprint density at radius 3 is 2.38 bits per heavy atom. The van der Waals surface area contributed by atoms with Crippen LogP contribution < -0.4 is 0 Å². The van der Waals surface area contributed by atoms with Gasteiger partial charge < -0.3 is 25.5 Å². The highest BCUT2D eigenvalue weighted by molar-refractivity contribution is 5.96. The molecular weight excluding hydrogens is 336 g/mol. The van der Waals surface area contributed by atoms with Gasteiger partial charge in [0.05, 0.1) is 12.2 Å². The lowest BCUT2D eigenvalue weighted by molar-refractivity contribution is -0.191. The van der Waals surface area contributed by atoms with Gasteiger partial charge in [-0.1, -0.05) is 32.9 Å². The molecule has 0 saturated heterocycles. The number of ketones is 1. The SMILES string of the molecule is CC1=C[C@@H]2[C@](O)(CC(CO)=C[C@H]3[C@@H]4C(C)(C)[C@]4(O)C(=O)[C@@H](C)[C@]23O)[C@H]1O. The lowest BCUT2D eigenvalue weighted by Gasteiger charge is -2.50. The van der Waals surface area contributed by atoms with Gasteiger partial charge in [-0.25, -0.2) is 0 Å². The summed E-state index contributed by atoms with van der Waals surface area (Å²) in [5, 5.41) is 54.7. The molecule has 2 saturated carbocycles. The molecule has 4 aliphatic rings. The fourth-order valence-corrected chi connectivity index (χ4v) is 6.35. The van der Waals surface area contributed by atoms with Gasteiger partial charge >= 0.3 is 0 Å². The maximum absolute atomic E-state index is 13.0. The number of hydrogen-bond donors (Lipinski definition) is 5. The Morgan fingerprint density at radius 2 is 1.81 bits per heavy atom. The second-order valence-electron chi connectivity index (χ2n) is 9.41. The zero-order chi connectivity index (χ0) is 19.4. The Morgan fingerprint density at radius 1 is 1.19 bits per heavy atom. The summed E-state index contributed by atoms with van der Waals surface area (Å²) in [4.78, 5) is 13.0. The summed E-state index contributed by atoms with van der Waals surface area (Å²) in [7, 11) is 0. The van der Waals surface area contributed by atoms with Gasteiger partial charge in [0.2, 0.25) is 0 Å². The lowest BCUT2D eigenvalue weighted by Crippen LogP contribution is -2.64. The molecule has 4 rings (SSSR count). The summed E-state index contributed by atoms with van der Waals surface area (Å²) in [6, 6.07) is 0. The van der Waals surface area contributed by atoms with Gasteiger partial charge in [-0.3, -0.25) is 4.79 Å². The van der Waals surface area contributed by atoms with Crippen molar-refractivity contribution < 1.29 is 30.3 Å². The number of aliphatic hydroxyl groups excluding tert-OH is 2. The minimum Gasteiger partial charge on any atom is -0.392 e. The van der Waals surface area contributed by atoms with Crippen molar-refractivity contribution in [2.45, 2.75) is 57.0 Å². The highest BCUT2D eigenvalue weighted by atomic mass is 16.4. The molecule has 6 nitrogen and oxygen atoms in total. The lowest BCUT2D eigenvalue weighted by atomic mass is 9.59. The minimum atomic E-state index is -1.69. The first-order valence-electron chi connectivity index (χ1n) is 9.26.